The molecule has 0 bridgehead atoms. The van der Waals surface area contributed by atoms with Gasteiger partial charge in [0.25, 0.3) is 0 Å². The van der Waals surface area contributed by atoms with Crippen LogP contribution < -0.4 is 5.73 Å². The van der Waals surface area contributed by atoms with Crippen molar-refractivity contribution >= 4 is 11.7 Å². The second-order valence-electron chi connectivity index (χ2n) is 6.01. The maximum atomic E-state index is 12.9. The maximum Gasteiger partial charge on any atom is 0.236 e. The van der Waals surface area contributed by atoms with Crippen LogP contribution in [0.1, 0.15) is 32.6 Å². The van der Waals surface area contributed by atoms with E-state index in [9.17, 15) is 9.90 Å². The zero-order chi connectivity index (χ0) is 14.8. The van der Waals surface area contributed by atoms with Crippen LogP contribution in [0.5, 0.6) is 0 Å². The minimum atomic E-state index is -1.000. The van der Waals surface area contributed by atoms with Crippen LogP contribution in [0.15, 0.2) is 5.16 Å². The number of β-amino-alcohol motifs (C(OH)–C–C–N with tert-alkyl or cyclic N) is 1. The average Bonchev–Trinajstić information content (AvgIpc) is 2.45. The van der Waals surface area contributed by atoms with E-state index in [-0.39, 0.29) is 18.3 Å². The quantitative estimate of drug-likeness (QED) is 0.284. The number of hydrogen-bond donors (Lipinski definition) is 3. The summed E-state index contributed by atoms with van der Waals surface area (Å²) in [5.41, 5.74) is 3.92. The smallest absolute Gasteiger partial charge is 0.236 e. The summed E-state index contributed by atoms with van der Waals surface area (Å²) >= 11 is 0. The molecule has 114 valence electrons. The standard InChI is InChI=1S/C13H23N3O4/c1-12(18)3-2-6-16(9-12)11(17)13(10(14)15-19)4-7-20-8-5-13/h18-19H,2-9H2,1H3,(H2,14,15). The second-order valence-corrected chi connectivity index (χ2v) is 6.01. The van der Waals surface area contributed by atoms with Crippen LogP contribution in [-0.2, 0) is 9.53 Å². The van der Waals surface area contributed by atoms with Crippen LogP contribution in [0.3, 0.4) is 0 Å². The molecule has 20 heavy (non-hydrogen) atoms. The molecule has 2 aliphatic rings. The van der Waals surface area contributed by atoms with Crippen molar-refractivity contribution in [1.82, 2.24) is 4.90 Å². The summed E-state index contributed by atoms with van der Waals surface area (Å²) in [6.45, 7) is 3.43. The first-order valence-electron chi connectivity index (χ1n) is 6.99. The fraction of sp³-hybridized carbons (Fsp3) is 0.846. The minimum absolute atomic E-state index is 0.0592. The molecule has 0 spiro atoms. The van der Waals surface area contributed by atoms with Crippen LogP contribution in [0.2, 0.25) is 0 Å². The molecule has 0 saturated carbocycles. The van der Waals surface area contributed by atoms with Crippen LogP contribution in [0, 0.1) is 5.41 Å². The van der Waals surface area contributed by atoms with E-state index in [0.29, 0.717) is 39.0 Å². The number of nitrogens with two attached hydrogens (primary N) is 1. The van der Waals surface area contributed by atoms with Crippen molar-refractivity contribution in [2.24, 2.45) is 16.3 Å². The van der Waals surface area contributed by atoms with Gasteiger partial charge in [0, 0.05) is 26.3 Å². The lowest BCUT2D eigenvalue weighted by molar-refractivity contribution is -0.148. The molecule has 2 heterocycles. The van der Waals surface area contributed by atoms with Gasteiger partial charge < -0.3 is 25.7 Å². The summed E-state index contributed by atoms with van der Waals surface area (Å²) in [6, 6.07) is 0. The number of amides is 1. The first-order chi connectivity index (χ1) is 9.41. The van der Waals surface area contributed by atoms with Gasteiger partial charge in [-0.25, -0.2) is 0 Å². The van der Waals surface area contributed by atoms with Gasteiger partial charge in [0.05, 0.1) is 5.60 Å². The molecule has 2 fully saturated rings. The molecular formula is C13H23N3O4. The first kappa shape index (κ1) is 15.1. The zero-order valence-electron chi connectivity index (χ0n) is 11.8. The van der Waals surface area contributed by atoms with E-state index in [1.54, 1.807) is 11.8 Å². The molecule has 1 amide bonds. The second kappa shape index (κ2) is 5.57. The highest BCUT2D eigenvalue weighted by molar-refractivity contribution is 6.06. The topological polar surface area (TPSA) is 108 Å². The Morgan fingerprint density at radius 3 is 2.55 bits per heavy atom. The lowest BCUT2D eigenvalue weighted by Gasteiger charge is -2.43. The third-order valence-electron chi connectivity index (χ3n) is 4.32. The predicted octanol–water partition coefficient (Wildman–Crippen LogP) is -0.0970. The van der Waals surface area contributed by atoms with Gasteiger partial charge in [-0.3, -0.25) is 4.79 Å². The molecule has 0 radical (unpaired) electrons. The number of hydrogen-bond acceptors (Lipinski definition) is 5. The van der Waals surface area contributed by atoms with Gasteiger partial charge in [-0.2, -0.15) is 0 Å². The number of piperidine rings is 1. The minimum Gasteiger partial charge on any atom is -0.409 e. The largest absolute Gasteiger partial charge is 0.409 e. The van der Waals surface area contributed by atoms with E-state index in [2.05, 4.69) is 5.16 Å². The molecule has 0 aromatic carbocycles. The van der Waals surface area contributed by atoms with Gasteiger partial charge in [-0.15, -0.1) is 0 Å². The molecule has 2 aliphatic heterocycles. The number of rotatable bonds is 2. The Labute approximate surface area is 118 Å². The van der Waals surface area contributed by atoms with Crippen molar-refractivity contribution in [1.29, 1.82) is 0 Å². The average molecular weight is 285 g/mol. The Bertz CT molecular complexity index is 402. The van der Waals surface area contributed by atoms with Crippen molar-refractivity contribution in [2.45, 2.75) is 38.2 Å². The Hall–Kier alpha value is -1.34. The van der Waals surface area contributed by atoms with Crippen LogP contribution >= 0.6 is 0 Å². The van der Waals surface area contributed by atoms with Crippen molar-refractivity contribution in [3.05, 3.63) is 0 Å². The number of amidine groups is 1. The number of oxime groups is 1. The van der Waals surface area contributed by atoms with E-state index in [0.717, 1.165) is 6.42 Å². The Kier molecular flexibility index (Phi) is 4.19. The predicted molar refractivity (Wildman–Crippen MR) is 72.3 cm³/mol. The molecule has 0 aromatic rings. The molecule has 7 heteroatoms. The summed E-state index contributed by atoms with van der Waals surface area (Å²) in [5.74, 6) is -0.230. The molecular weight excluding hydrogens is 262 g/mol. The van der Waals surface area contributed by atoms with Crippen LogP contribution in [-0.4, -0.2) is 58.9 Å². The zero-order valence-corrected chi connectivity index (χ0v) is 11.8. The highest BCUT2D eigenvalue weighted by atomic mass is 16.5. The molecule has 2 rings (SSSR count). The number of carbonyl (C=O) groups excluding carboxylic acids is 1. The highest BCUT2D eigenvalue weighted by Crippen LogP contribution is 2.35. The van der Waals surface area contributed by atoms with E-state index in [4.69, 9.17) is 15.7 Å². The summed E-state index contributed by atoms with van der Waals surface area (Å²) in [6.07, 6.45) is 2.23. The molecule has 1 atom stereocenters. The normalized spacial score (nSPS) is 31.1. The summed E-state index contributed by atoms with van der Waals surface area (Å²) in [5, 5.41) is 22.2. The van der Waals surface area contributed by atoms with Gasteiger partial charge in [-0.1, -0.05) is 5.16 Å². The van der Waals surface area contributed by atoms with E-state index < -0.39 is 11.0 Å². The van der Waals surface area contributed by atoms with Gasteiger partial charge in [-0.05, 0) is 32.6 Å². The molecule has 0 aliphatic carbocycles. The number of ether oxygens (including phenoxy) is 1. The Morgan fingerprint density at radius 1 is 1.35 bits per heavy atom. The van der Waals surface area contributed by atoms with E-state index in [1.807, 2.05) is 0 Å². The first-order valence-corrected chi connectivity index (χ1v) is 6.99. The molecule has 7 nitrogen and oxygen atoms in total. The highest BCUT2D eigenvalue weighted by Gasteiger charge is 2.48. The lowest BCUT2D eigenvalue weighted by atomic mass is 9.77. The van der Waals surface area contributed by atoms with E-state index in [1.165, 1.54) is 0 Å². The van der Waals surface area contributed by atoms with Crippen molar-refractivity contribution < 1.29 is 19.8 Å². The number of carbonyl (C=O) groups is 1. The Morgan fingerprint density at radius 2 is 2.00 bits per heavy atom. The third kappa shape index (κ3) is 2.73. The van der Waals surface area contributed by atoms with Gasteiger partial charge in [0.2, 0.25) is 5.91 Å². The number of aliphatic hydroxyl groups is 1. The number of likely N-dealkylation sites (tertiary alicyclic amines) is 1. The fourth-order valence-corrected chi connectivity index (χ4v) is 3.09. The van der Waals surface area contributed by atoms with E-state index >= 15 is 0 Å². The SMILES string of the molecule is CC1(O)CCCN(C(=O)C2(C(N)=NO)CCOCC2)C1. The summed E-state index contributed by atoms with van der Waals surface area (Å²) in [7, 11) is 0. The van der Waals surface area contributed by atoms with Crippen molar-refractivity contribution in [2.75, 3.05) is 26.3 Å². The molecule has 1 unspecified atom stereocenters. The molecule has 2 saturated heterocycles. The number of nitrogens with zero attached hydrogens (tertiary/aromatic N) is 2. The molecule has 4 N–H and O–H groups in total. The van der Waals surface area contributed by atoms with Crippen LogP contribution in [0.25, 0.3) is 0 Å². The van der Waals surface area contributed by atoms with Crippen molar-refractivity contribution in [3.8, 4) is 0 Å². The fourth-order valence-electron chi connectivity index (χ4n) is 3.09. The summed E-state index contributed by atoms with van der Waals surface area (Å²) < 4.78 is 5.29. The lowest BCUT2D eigenvalue weighted by Crippen LogP contribution is -2.58. The van der Waals surface area contributed by atoms with Gasteiger partial charge in [0.15, 0.2) is 5.84 Å². The monoisotopic (exact) mass is 285 g/mol. The van der Waals surface area contributed by atoms with Crippen LogP contribution in [0.4, 0.5) is 0 Å². The Balaban J connectivity index is 2.23. The van der Waals surface area contributed by atoms with Crippen molar-refractivity contribution in [3.63, 3.8) is 0 Å². The van der Waals surface area contributed by atoms with Gasteiger partial charge in [0.1, 0.15) is 5.41 Å². The molecule has 0 aromatic heterocycles. The third-order valence-corrected chi connectivity index (χ3v) is 4.32. The maximum absolute atomic E-state index is 12.9. The summed E-state index contributed by atoms with van der Waals surface area (Å²) in [4.78, 5) is 14.5. The van der Waals surface area contributed by atoms with Gasteiger partial charge >= 0.3 is 0 Å².